The maximum atomic E-state index is 6.28. The summed E-state index contributed by atoms with van der Waals surface area (Å²) in [6, 6.07) is 0. The van der Waals surface area contributed by atoms with Crippen LogP contribution in [0.15, 0.2) is 0 Å². The molecule has 8 atom stereocenters. The molecule has 0 aromatic carbocycles. The Morgan fingerprint density at radius 1 is 0.889 bits per heavy atom. The van der Waals surface area contributed by atoms with Crippen molar-refractivity contribution in [2.75, 3.05) is 12.5 Å². The normalized spacial score (nSPS) is 64.7. The van der Waals surface area contributed by atoms with E-state index in [-0.39, 0.29) is 0 Å². The second kappa shape index (κ2) is 3.61. The second-order valence-corrected chi connectivity index (χ2v) is 8.06. The third-order valence-electron chi connectivity index (χ3n) is 5.33. The van der Waals surface area contributed by atoms with Crippen molar-refractivity contribution >= 4 is 23.5 Å². The summed E-state index contributed by atoms with van der Waals surface area (Å²) in [6.45, 7) is 4.23. The van der Waals surface area contributed by atoms with Gasteiger partial charge >= 0.3 is 0 Å². The maximum absolute atomic E-state index is 6.28. The first-order valence-corrected chi connectivity index (χ1v) is 9.21. The first-order chi connectivity index (χ1) is 8.52. The van der Waals surface area contributed by atoms with Gasteiger partial charge in [0.2, 0.25) is 0 Å². The molecule has 0 radical (unpaired) electrons. The van der Waals surface area contributed by atoms with Crippen molar-refractivity contribution < 1.29 is 14.2 Å². The number of thioether (sulfide) groups is 2. The molecule has 0 amide bonds. The lowest BCUT2D eigenvalue weighted by Crippen LogP contribution is -2.36. The Kier molecular flexibility index (Phi) is 2.47. The number of rotatable bonds is 2. The van der Waals surface area contributed by atoms with E-state index in [4.69, 9.17) is 14.2 Å². The van der Waals surface area contributed by atoms with Gasteiger partial charge in [-0.3, -0.25) is 0 Å². The van der Waals surface area contributed by atoms with Crippen LogP contribution in [0.25, 0.3) is 0 Å². The van der Waals surface area contributed by atoms with Gasteiger partial charge in [0, 0.05) is 23.7 Å². The standard InChI is InChI=1S/C13H20O3S2/c1-12-8-6(10(14-12)17-3)5-7-9(8)13(2,16-12)15-11(7)18-4/h6-11H,5H2,1-4H3/t6-,7+,8-,9-,10+,11+,12+,13-/m1/s1. The molecule has 5 heteroatoms. The van der Waals surface area contributed by atoms with E-state index >= 15 is 0 Å². The van der Waals surface area contributed by atoms with Crippen molar-refractivity contribution in [3.05, 3.63) is 0 Å². The van der Waals surface area contributed by atoms with Crippen LogP contribution in [0.2, 0.25) is 0 Å². The summed E-state index contributed by atoms with van der Waals surface area (Å²) in [4.78, 5) is 0. The van der Waals surface area contributed by atoms with Gasteiger partial charge in [0.25, 0.3) is 0 Å². The average Bonchev–Trinajstić information content (AvgIpc) is 2.95. The van der Waals surface area contributed by atoms with Gasteiger partial charge < -0.3 is 14.2 Å². The zero-order valence-corrected chi connectivity index (χ0v) is 12.8. The Hall–Kier alpha value is 0.580. The smallest absolute Gasteiger partial charge is 0.174 e. The predicted octanol–water partition coefficient (Wildman–Crippen LogP) is 2.76. The second-order valence-electron chi connectivity index (χ2n) is 6.19. The molecule has 102 valence electrons. The molecule has 0 N–H and O–H groups in total. The molecule has 4 fully saturated rings. The van der Waals surface area contributed by atoms with Crippen LogP contribution in [0.1, 0.15) is 20.3 Å². The summed E-state index contributed by atoms with van der Waals surface area (Å²) in [7, 11) is 0. The molecule has 1 saturated carbocycles. The summed E-state index contributed by atoms with van der Waals surface area (Å²) in [5.74, 6) is 1.47. The fraction of sp³-hybridized carbons (Fsp3) is 1.00. The molecule has 3 heterocycles. The molecule has 3 nitrogen and oxygen atoms in total. The largest absolute Gasteiger partial charge is 0.336 e. The van der Waals surface area contributed by atoms with Gasteiger partial charge in [0.05, 0.1) is 0 Å². The minimum Gasteiger partial charge on any atom is -0.336 e. The van der Waals surface area contributed by atoms with Crippen LogP contribution in [0, 0.1) is 23.7 Å². The van der Waals surface area contributed by atoms with Crippen LogP contribution in [0.3, 0.4) is 0 Å². The van der Waals surface area contributed by atoms with Crippen molar-refractivity contribution in [2.45, 2.75) is 42.7 Å². The minimum atomic E-state index is -0.421. The summed E-state index contributed by atoms with van der Waals surface area (Å²) in [5.41, 5.74) is 0.607. The Balaban J connectivity index is 1.76. The Labute approximate surface area is 117 Å². The fourth-order valence-corrected chi connectivity index (χ4v) is 6.79. The van der Waals surface area contributed by atoms with Gasteiger partial charge in [0.1, 0.15) is 10.9 Å². The molecular formula is C13H20O3S2. The van der Waals surface area contributed by atoms with Crippen molar-refractivity contribution in [3.63, 3.8) is 0 Å². The van der Waals surface area contributed by atoms with Crippen molar-refractivity contribution in [2.24, 2.45) is 23.7 Å². The van der Waals surface area contributed by atoms with Gasteiger partial charge in [-0.15, -0.1) is 23.5 Å². The van der Waals surface area contributed by atoms with E-state index in [9.17, 15) is 0 Å². The van der Waals surface area contributed by atoms with Crippen LogP contribution in [0.4, 0.5) is 0 Å². The molecule has 0 aromatic rings. The Morgan fingerprint density at radius 2 is 1.33 bits per heavy atom. The first-order valence-electron chi connectivity index (χ1n) is 6.64. The van der Waals surface area contributed by atoms with Crippen molar-refractivity contribution in [1.82, 2.24) is 0 Å². The highest BCUT2D eigenvalue weighted by Crippen LogP contribution is 2.70. The van der Waals surface area contributed by atoms with E-state index < -0.39 is 11.6 Å². The number of hydrogen-bond acceptors (Lipinski definition) is 5. The maximum Gasteiger partial charge on any atom is 0.174 e. The molecule has 0 unspecified atom stereocenters. The molecule has 3 aliphatic heterocycles. The third kappa shape index (κ3) is 1.26. The van der Waals surface area contributed by atoms with E-state index in [1.807, 2.05) is 23.5 Å². The summed E-state index contributed by atoms with van der Waals surface area (Å²) in [5, 5.41) is 0. The van der Waals surface area contributed by atoms with Crippen LogP contribution < -0.4 is 0 Å². The minimum absolute atomic E-state index is 0.303. The topological polar surface area (TPSA) is 27.7 Å². The SMILES string of the molecule is CS[C@@H]1O[C@@]2(C)O[C@@]3(C)O[C@@H](SC)[C@H]4C[C@@H]1[C@@H]2[C@@H]43. The summed E-state index contributed by atoms with van der Waals surface area (Å²) >= 11 is 3.66. The monoisotopic (exact) mass is 288 g/mol. The Bertz CT molecular complexity index is 358. The molecule has 1 aliphatic carbocycles. The van der Waals surface area contributed by atoms with E-state index in [0.29, 0.717) is 34.5 Å². The Morgan fingerprint density at radius 3 is 1.72 bits per heavy atom. The van der Waals surface area contributed by atoms with Crippen LogP contribution in [-0.2, 0) is 14.2 Å². The van der Waals surface area contributed by atoms with Gasteiger partial charge in [-0.25, -0.2) is 0 Å². The first kappa shape index (κ1) is 12.3. The highest BCUT2D eigenvalue weighted by atomic mass is 32.2. The lowest BCUT2D eigenvalue weighted by molar-refractivity contribution is -0.299. The molecule has 3 saturated heterocycles. The average molecular weight is 288 g/mol. The molecule has 4 aliphatic rings. The molecule has 4 rings (SSSR count). The predicted molar refractivity (Wildman–Crippen MR) is 73.2 cm³/mol. The number of hydrogen-bond donors (Lipinski definition) is 0. The van der Waals surface area contributed by atoms with Crippen molar-refractivity contribution in [1.29, 1.82) is 0 Å². The van der Waals surface area contributed by atoms with Crippen molar-refractivity contribution in [3.8, 4) is 0 Å². The van der Waals surface area contributed by atoms with E-state index in [1.165, 1.54) is 6.42 Å². The zero-order valence-electron chi connectivity index (χ0n) is 11.2. The highest BCUT2D eigenvalue weighted by molar-refractivity contribution is 7.99. The molecular weight excluding hydrogens is 268 g/mol. The van der Waals surface area contributed by atoms with Crippen LogP contribution >= 0.6 is 23.5 Å². The van der Waals surface area contributed by atoms with Gasteiger partial charge in [-0.05, 0) is 32.8 Å². The molecule has 0 bridgehead atoms. The van der Waals surface area contributed by atoms with Gasteiger partial charge in [-0.1, -0.05) is 0 Å². The van der Waals surface area contributed by atoms with E-state index in [0.717, 1.165) is 0 Å². The third-order valence-corrected chi connectivity index (χ3v) is 7.16. The molecule has 0 spiro atoms. The zero-order chi connectivity index (χ0) is 12.7. The summed E-state index contributed by atoms with van der Waals surface area (Å²) < 4.78 is 18.7. The van der Waals surface area contributed by atoms with Crippen LogP contribution in [-0.4, -0.2) is 35.0 Å². The number of ether oxygens (including phenoxy) is 3. The van der Waals surface area contributed by atoms with E-state index in [2.05, 4.69) is 26.4 Å². The fourth-order valence-electron chi connectivity index (χ4n) is 4.96. The molecule has 0 aromatic heterocycles. The van der Waals surface area contributed by atoms with Gasteiger partial charge in [0.15, 0.2) is 11.6 Å². The lowest BCUT2D eigenvalue weighted by atomic mass is 9.83. The quantitative estimate of drug-likeness (QED) is 0.779. The van der Waals surface area contributed by atoms with Gasteiger partial charge in [-0.2, -0.15) is 0 Å². The molecule has 18 heavy (non-hydrogen) atoms. The van der Waals surface area contributed by atoms with Crippen LogP contribution in [0.5, 0.6) is 0 Å². The summed E-state index contributed by atoms with van der Waals surface area (Å²) in [6.07, 6.45) is 5.52. The lowest BCUT2D eigenvalue weighted by Gasteiger charge is -2.30. The van der Waals surface area contributed by atoms with E-state index in [1.54, 1.807) is 0 Å². The highest BCUT2D eigenvalue weighted by Gasteiger charge is 2.76.